The van der Waals surface area contributed by atoms with Crippen LogP contribution in [-0.4, -0.2) is 96.7 Å². The van der Waals surface area contributed by atoms with E-state index < -0.39 is 97.5 Å². The molecule has 0 aromatic rings. The fraction of sp³-hybridized carbons (Fsp3) is 0.952. The van der Waals surface area contributed by atoms with Gasteiger partial charge in [-0.1, -0.05) is 382 Å². The summed E-state index contributed by atoms with van der Waals surface area (Å²) < 4.78 is 68.8. The number of carbonyl (C=O) groups excluding carboxylic acids is 4. The average Bonchev–Trinajstić information content (AvgIpc) is 0.949. The van der Waals surface area contributed by atoms with Crippen LogP contribution in [0.4, 0.5) is 0 Å². The smallest absolute Gasteiger partial charge is 0.462 e. The summed E-state index contributed by atoms with van der Waals surface area (Å²) in [6, 6.07) is 0. The largest absolute Gasteiger partial charge is 0.472 e. The zero-order chi connectivity index (χ0) is 75.1. The number of aliphatic hydroxyl groups is 1. The van der Waals surface area contributed by atoms with Gasteiger partial charge < -0.3 is 33.8 Å². The molecule has 0 fully saturated rings. The Morgan fingerprint density at radius 3 is 0.745 bits per heavy atom. The SMILES string of the molecule is CCCCCCCCCCCCCCCCC(=O)O[C@H](COC(=O)CCCCCCCCCCCC(C)C)COP(=O)(O)OC[C@H](O)COP(=O)(O)OC[C@@H](COC(=O)CCCCCCCCCCCCC(C)CC)OC(=O)CCCCCCCCCCCCCCCCCCCCC(C)CC. The molecule has 19 heteroatoms. The van der Waals surface area contributed by atoms with E-state index in [9.17, 15) is 43.2 Å². The van der Waals surface area contributed by atoms with Gasteiger partial charge in [0, 0.05) is 25.7 Å². The second kappa shape index (κ2) is 73.2. The summed E-state index contributed by atoms with van der Waals surface area (Å²) in [4.78, 5) is 73.1. The van der Waals surface area contributed by atoms with Crippen LogP contribution < -0.4 is 0 Å². The summed E-state index contributed by atoms with van der Waals surface area (Å²) in [6.45, 7) is 12.0. The lowest BCUT2D eigenvalue weighted by molar-refractivity contribution is -0.161. The van der Waals surface area contributed by atoms with Gasteiger partial charge in [0.1, 0.15) is 19.3 Å². The Morgan fingerprint density at radius 2 is 0.500 bits per heavy atom. The van der Waals surface area contributed by atoms with Crippen molar-refractivity contribution in [3.8, 4) is 0 Å². The number of hydrogen-bond donors (Lipinski definition) is 3. The number of phosphoric acid groups is 2. The lowest BCUT2D eigenvalue weighted by atomic mass is 9.99. The number of unbranched alkanes of at least 4 members (excludes halogenated alkanes) is 47. The monoisotopic (exact) mass is 1490 g/mol. The normalized spacial score (nSPS) is 14.5. The van der Waals surface area contributed by atoms with Crippen LogP contribution in [-0.2, 0) is 65.4 Å². The van der Waals surface area contributed by atoms with Crippen LogP contribution in [0.1, 0.15) is 434 Å². The van der Waals surface area contributed by atoms with Crippen molar-refractivity contribution in [3.05, 3.63) is 0 Å². The molecular weight excluding hydrogens is 1330 g/mol. The average molecular weight is 1490 g/mol. The third-order valence-electron chi connectivity index (χ3n) is 20.1. The summed E-state index contributed by atoms with van der Waals surface area (Å²) in [6.07, 6.45) is 62.3. The fourth-order valence-electron chi connectivity index (χ4n) is 12.8. The van der Waals surface area contributed by atoms with Gasteiger partial charge in [-0.25, -0.2) is 9.13 Å². The van der Waals surface area contributed by atoms with Gasteiger partial charge in [0.25, 0.3) is 0 Å². The second-order valence-electron chi connectivity index (χ2n) is 30.8. The summed E-state index contributed by atoms with van der Waals surface area (Å²) in [5, 5.41) is 10.7. The van der Waals surface area contributed by atoms with E-state index in [1.807, 2.05) is 0 Å². The summed E-state index contributed by atoms with van der Waals surface area (Å²) in [5.41, 5.74) is 0. The molecule has 0 amide bonds. The lowest BCUT2D eigenvalue weighted by Gasteiger charge is -2.21. The molecule has 0 spiro atoms. The lowest BCUT2D eigenvalue weighted by Crippen LogP contribution is -2.30. The quantitative estimate of drug-likeness (QED) is 0.0222. The van der Waals surface area contributed by atoms with Crippen molar-refractivity contribution in [2.75, 3.05) is 39.6 Å². The van der Waals surface area contributed by atoms with Gasteiger partial charge in [0.2, 0.25) is 0 Å². The fourth-order valence-corrected chi connectivity index (χ4v) is 14.4. The highest BCUT2D eigenvalue weighted by Gasteiger charge is 2.30. The Kier molecular flexibility index (Phi) is 71.8. The highest BCUT2D eigenvalue weighted by Crippen LogP contribution is 2.45. The van der Waals surface area contributed by atoms with E-state index in [2.05, 4.69) is 48.5 Å². The van der Waals surface area contributed by atoms with Gasteiger partial charge >= 0.3 is 39.5 Å². The van der Waals surface area contributed by atoms with Crippen LogP contribution in [0, 0.1) is 17.8 Å². The van der Waals surface area contributed by atoms with Gasteiger partial charge in [0.05, 0.1) is 26.4 Å². The molecule has 0 saturated carbocycles. The molecule has 606 valence electrons. The van der Waals surface area contributed by atoms with Crippen molar-refractivity contribution in [1.29, 1.82) is 0 Å². The molecule has 4 unspecified atom stereocenters. The van der Waals surface area contributed by atoms with Gasteiger partial charge in [0.15, 0.2) is 12.2 Å². The first-order valence-corrected chi connectivity index (χ1v) is 45.9. The molecule has 0 radical (unpaired) electrons. The molecule has 0 aliphatic carbocycles. The van der Waals surface area contributed by atoms with E-state index in [-0.39, 0.29) is 25.7 Å². The van der Waals surface area contributed by atoms with Gasteiger partial charge in [-0.2, -0.15) is 0 Å². The minimum Gasteiger partial charge on any atom is -0.462 e. The number of esters is 4. The Labute approximate surface area is 626 Å². The molecular formula is C83H162O17P2. The van der Waals surface area contributed by atoms with E-state index in [4.69, 9.17) is 37.0 Å². The van der Waals surface area contributed by atoms with E-state index in [0.29, 0.717) is 25.7 Å². The predicted molar refractivity (Wildman–Crippen MR) is 418 cm³/mol. The summed E-state index contributed by atoms with van der Waals surface area (Å²) >= 11 is 0. The molecule has 7 atom stereocenters. The van der Waals surface area contributed by atoms with Crippen LogP contribution in [0.15, 0.2) is 0 Å². The summed E-state index contributed by atoms with van der Waals surface area (Å²) in [7, 11) is -9.92. The van der Waals surface area contributed by atoms with Crippen molar-refractivity contribution in [2.45, 2.75) is 452 Å². The molecule has 17 nitrogen and oxygen atoms in total. The standard InChI is InChI=1S/C83H162O17P2/c1-8-11-12-13-14-15-16-17-25-28-37-45-52-59-66-82(87)100-79(71-94-81(86)65-58-51-44-39-32-33-40-47-54-61-74(4)5)73-98-102(91,92)96-69-77(84)68-95-101(89,90)97-72-78(70-93-80(85)64-57-50-43-36-31-30-35-42-49-56-63-76(7)10-3)99-83(88)67-60-53-46-38-29-26-23-21-19-18-20-22-24-27-34-41-48-55-62-75(6)9-2/h74-79,84H,8-73H2,1-7H3,(H,89,90)(H,91,92)/t75?,76?,77-,78-,79-/m1/s1. The molecule has 0 saturated heterocycles. The van der Waals surface area contributed by atoms with Gasteiger partial charge in [-0.3, -0.25) is 37.3 Å². The number of hydrogen-bond acceptors (Lipinski definition) is 15. The Morgan fingerprint density at radius 1 is 0.284 bits per heavy atom. The maximum atomic E-state index is 13.1. The zero-order valence-corrected chi connectivity index (χ0v) is 68.9. The van der Waals surface area contributed by atoms with Crippen LogP contribution >= 0.6 is 15.6 Å². The highest BCUT2D eigenvalue weighted by molar-refractivity contribution is 7.47. The Bertz CT molecular complexity index is 1980. The van der Waals surface area contributed by atoms with Crippen LogP contribution in [0.25, 0.3) is 0 Å². The van der Waals surface area contributed by atoms with Gasteiger partial charge in [-0.15, -0.1) is 0 Å². The number of ether oxygens (including phenoxy) is 4. The molecule has 3 N–H and O–H groups in total. The van der Waals surface area contributed by atoms with Crippen LogP contribution in [0.3, 0.4) is 0 Å². The molecule has 102 heavy (non-hydrogen) atoms. The van der Waals surface area contributed by atoms with Gasteiger partial charge in [-0.05, 0) is 43.4 Å². The number of aliphatic hydroxyl groups excluding tert-OH is 1. The molecule has 0 aromatic carbocycles. The van der Waals surface area contributed by atoms with E-state index in [1.165, 1.54) is 244 Å². The number of phosphoric ester groups is 2. The molecule has 0 rings (SSSR count). The molecule has 0 aliphatic rings. The maximum Gasteiger partial charge on any atom is 0.472 e. The van der Waals surface area contributed by atoms with E-state index in [1.54, 1.807) is 0 Å². The first-order valence-electron chi connectivity index (χ1n) is 42.9. The maximum absolute atomic E-state index is 13.1. The Hall–Kier alpha value is -1.94. The van der Waals surface area contributed by atoms with Crippen molar-refractivity contribution in [3.63, 3.8) is 0 Å². The van der Waals surface area contributed by atoms with Crippen molar-refractivity contribution < 1.29 is 80.2 Å². The van der Waals surface area contributed by atoms with Crippen molar-refractivity contribution in [1.82, 2.24) is 0 Å². The van der Waals surface area contributed by atoms with Crippen LogP contribution in [0.5, 0.6) is 0 Å². The van der Waals surface area contributed by atoms with Crippen molar-refractivity contribution in [2.24, 2.45) is 17.8 Å². The predicted octanol–water partition coefficient (Wildman–Crippen LogP) is 24.9. The molecule has 0 aliphatic heterocycles. The third kappa shape index (κ3) is 73.6. The first kappa shape index (κ1) is 100. The molecule has 0 aromatic heterocycles. The van der Waals surface area contributed by atoms with Crippen molar-refractivity contribution >= 4 is 39.5 Å². The van der Waals surface area contributed by atoms with E-state index >= 15 is 0 Å². The Balaban J connectivity index is 5.23. The highest BCUT2D eigenvalue weighted by atomic mass is 31.2. The van der Waals surface area contributed by atoms with E-state index in [0.717, 1.165) is 108 Å². The summed E-state index contributed by atoms with van der Waals surface area (Å²) in [5.74, 6) is 0.317. The minimum absolute atomic E-state index is 0.107. The third-order valence-corrected chi connectivity index (χ3v) is 22.0. The topological polar surface area (TPSA) is 237 Å². The minimum atomic E-state index is -4.96. The number of carbonyl (C=O) groups is 4. The number of rotatable bonds is 81. The first-order chi connectivity index (χ1) is 49.3. The zero-order valence-electron chi connectivity index (χ0n) is 67.1. The van der Waals surface area contributed by atoms with Crippen LogP contribution in [0.2, 0.25) is 0 Å². The second-order valence-corrected chi connectivity index (χ2v) is 33.7. The molecule has 0 bridgehead atoms. The molecule has 0 heterocycles.